The molecule has 0 fully saturated rings. The van der Waals surface area contributed by atoms with Crippen molar-refractivity contribution in [1.82, 2.24) is 10.1 Å². The van der Waals surface area contributed by atoms with Gasteiger partial charge in [-0.05, 0) is 6.92 Å². The van der Waals surface area contributed by atoms with Gasteiger partial charge in [-0.1, -0.05) is 5.16 Å². The number of anilines is 1. The third-order valence-corrected chi connectivity index (χ3v) is 2.48. The lowest BCUT2D eigenvalue weighted by atomic mass is 10.4. The van der Waals surface area contributed by atoms with Crippen LogP contribution >= 0.6 is 0 Å². The maximum absolute atomic E-state index is 12.0. The normalized spacial score (nSPS) is 10.3. The lowest BCUT2D eigenvalue weighted by Gasteiger charge is -2.20. The second-order valence-electron chi connectivity index (χ2n) is 4.05. The number of aryl methyl sites for hydroxylation is 1. The Hall–Kier alpha value is -1.93. The molecule has 1 aromatic heterocycles. The first-order chi connectivity index (χ1) is 9.58. The minimum Gasteiger partial charge on any atom is -0.383 e. The predicted molar refractivity (Wildman–Crippen MR) is 70.2 cm³/mol. The number of methoxy groups -OCH3 is 2. The molecule has 0 aromatic carbocycles. The number of hydrogen-bond acceptors (Lipinski definition) is 6. The first kappa shape index (κ1) is 16.1. The molecule has 0 unspecified atom stereocenters. The van der Waals surface area contributed by atoms with Crippen molar-refractivity contribution < 1.29 is 23.6 Å². The summed E-state index contributed by atoms with van der Waals surface area (Å²) in [4.78, 5) is 25.2. The Kier molecular flexibility index (Phi) is 6.68. The molecule has 1 aromatic rings. The standard InChI is InChI=1S/C12H19N3O5/c1-9-8-10(14-20-9)13-11(16)12(17)15(4-6-18-2)5-7-19-3/h8H,4-7H2,1-3H3,(H,13,14,16). The van der Waals surface area contributed by atoms with Crippen LogP contribution in [0.2, 0.25) is 0 Å². The number of hydrogen-bond donors (Lipinski definition) is 1. The van der Waals surface area contributed by atoms with Gasteiger partial charge in [0.05, 0.1) is 13.2 Å². The van der Waals surface area contributed by atoms with E-state index in [2.05, 4.69) is 10.5 Å². The van der Waals surface area contributed by atoms with E-state index in [1.165, 1.54) is 25.2 Å². The average Bonchev–Trinajstić information content (AvgIpc) is 2.83. The van der Waals surface area contributed by atoms with Crippen LogP contribution in [0.15, 0.2) is 10.6 Å². The third kappa shape index (κ3) is 4.98. The van der Waals surface area contributed by atoms with Crippen LogP contribution in [0.3, 0.4) is 0 Å². The SMILES string of the molecule is COCCN(CCOC)C(=O)C(=O)Nc1cc(C)on1. The van der Waals surface area contributed by atoms with Gasteiger partial charge in [0, 0.05) is 33.4 Å². The second kappa shape index (κ2) is 8.28. The van der Waals surface area contributed by atoms with Gasteiger partial charge in [0.25, 0.3) is 0 Å². The molecule has 0 aliphatic carbocycles. The Morgan fingerprint density at radius 1 is 1.30 bits per heavy atom. The number of amides is 2. The summed E-state index contributed by atoms with van der Waals surface area (Å²) in [6, 6.07) is 1.53. The molecule has 0 saturated carbocycles. The molecular weight excluding hydrogens is 266 g/mol. The number of nitrogens with zero attached hydrogens (tertiary/aromatic N) is 2. The molecule has 0 bridgehead atoms. The van der Waals surface area contributed by atoms with Crippen molar-refractivity contribution in [1.29, 1.82) is 0 Å². The van der Waals surface area contributed by atoms with Gasteiger partial charge < -0.3 is 18.9 Å². The van der Waals surface area contributed by atoms with Gasteiger partial charge in [0.15, 0.2) is 5.82 Å². The zero-order valence-corrected chi connectivity index (χ0v) is 11.8. The molecule has 0 aliphatic heterocycles. The molecule has 0 saturated heterocycles. The Balaban J connectivity index is 2.59. The second-order valence-corrected chi connectivity index (χ2v) is 4.05. The van der Waals surface area contributed by atoms with Crippen LogP contribution in [0.4, 0.5) is 5.82 Å². The number of carbonyl (C=O) groups is 2. The van der Waals surface area contributed by atoms with E-state index in [0.29, 0.717) is 32.1 Å². The molecule has 112 valence electrons. The van der Waals surface area contributed by atoms with Crippen LogP contribution in [0.1, 0.15) is 5.76 Å². The summed E-state index contributed by atoms with van der Waals surface area (Å²) in [5.74, 6) is -0.687. The maximum atomic E-state index is 12.0. The summed E-state index contributed by atoms with van der Waals surface area (Å²) >= 11 is 0. The minimum absolute atomic E-state index is 0.208. The van der Waals surface area contributed by atoms with Crippen molar-refractivity contribution >= 4 is 17.6 Å². The van der Waals surface area contributed by atoms with Gasteiger partial charge >= 0.3 is 11.8 Å². The lowest BCUT2D eigenvalue weighted by molar-refractivity contribution is -0.144. The zero-order valence-electron chi connectivity index (χ0n) is 11.8. The molecule has 2 amide bonds. The maximum Gasteiger partial charge on any atom is 0.315 e. The van der Waals surface area contributed by atoms with Crippen molar-refractivity contribution in [3.8, 4) is 0 Å². The highest BCUT2D eigenvalue weighted by Gasteiger charge is 2.22. The molecule has 0 atom stereocenters. The Labute approximate surface area is 117 Å². The Morgan fingerprint density at radius 3 is 2.35 bits per heavy atom. The van der Waals surface area contributed by atoms with Crippen LogP contribution in [0.5, 0.6) is 0 Å². The summed E-state index contributed by atoms with van der Waals surface area (Å²) in [5, 5.41) is 5.97. The fourth-order valence-electron chi connectivity index (χ4n) is 1.46. The van der Waals surface area contributed by atoms with E-state index in [4.69, 9.17) is 14.0 Å². The van der Waals surface area contributed by atoms with Crippen molar-refractivity contribution in [2.24, 2.45) is 0 Å². The highest BCUT2D eigenvalue weighted by Crippen LogP contribution is 2.07. The van der Waals surface area contributed by atoms with Crippen LogP contribution in [-0.2, 0) is 19.1 Å². The molecule has 0 aliphatic rings. The fraction of sp³-hybridized carbons (Fsp3) is 0.583. The Bertz CT molecular complexity index is 438. The number of ether oxygens (including phenoxy) is 2. The smallest absolute Gasteiger partial charge is 0.315 e. The van der Waals surface area contributed by atoms with Gasteiger partial charge in [-0.2, -0.15) is 0 Å². The van der Waals surface area contributed by atoms with E-state index in [-0.39, 0.29) is 5.82 Å². The first-order valence-corrected chi connectivity index (χ1v) is 6.10. The number of nitrogens with one attached hydrogen (secondary N) is 1. The molecule has 1 N–H and O–H groups in total. The monoisotopic (exact) mass is 285 g/mol. The summed E-state index contributed by atoms with van der Waals surface area (Å²) < 4.78 is 14.6. The van der Waals surface area contributed by atoms with E-state index in [0.717, 1.165) is 0 Å². The van der Waals surface area contributed by atoms with Crippen molar-refractivity contribution in [3.63, 3.8) is 0 Å². The quantitative estimate of drug-likeness (QED) is 0.711. The van der Waals surface area contributed by atoms with Gasteiger partial charge in [-0.15, -0.1) is 0 Å². The van der Waals surface area contributed by atoms with E-state index in [9.17, 15) is 9.59 Å². The number of carbonyl (C=O) groups excluding carboxylic acids is 2. The van der Waals surface area contributed by atoms with E-state index in [1.54, 1.807) is 6.92 Å². The summed E-state index contributed by atoms with van der Waals surface area (Å²) in [7, 11) is 3.05. The molecular formula is C12H19N3O5. The molecule has 1 rings (SSSR count). The van der Waals surface area contributed by atoms with Crippen LogP contribution < -0.4 is 5.32 Å². The molecule has 8 nitrogen and oxygen atoms in total. The highest BCUT2D eigenvalue weighted by molar-refractivity contribution is 6.39. The average molecular weight is 285 g/mol. The van der Waals surface area contributed by atoms with E-state index in [1.807, 2.05) is 0 Å². The largest absolute Gasteiger partial charge is 0.383 e. The summed E-state index contributed by atoms with van der Waals surface area (Å²) in [6.07, 6.45) is 0. The van der Waals surface area contributed by atoms with Gasteiger partial charge in [-0.3, -0.25) is 14.9 Å². The van der Waals surface area contributed by atoms with Crippen molar-refractivity contribution in [3.05, 3.63) is 11.8 Å². The van der Waals surface area contributed by atoms with E-state index < -0.39 is 11.8 Å². The van der Waals surface area contributed by atoms with Gasteiger partial charge in [0.2, 0.25) is 0 Å². The lowest BCUT2D eigenvalue weighted by Crippen LogP contribution is -2.43. The minimum atomic E-state index is -0.773. The summed E-state index contributed by atoms with van der Waals surface area (Å²) in [6.45, 7) is 2.99. The van der Waals surface area contributed by atoms with Crippen LogP contribution in [0, 0.1) is 6.92 Å². The molecule has 0 spiro atoms. The number of rotatable bonds is 7. The fourth-order valence-corrected chi connectivity index (χ4v) is 1.46. The van der Waals surface area contributed by atoms with Gasteiger partial charge in [-0.25, -0.2) is 0 Å². The molecule has 20 heavy (non-hydrogen) atoms. The molecule has 0 radical (unpaired) electrons. The Morgan fingerprint density at radius 2 is 1.90 bits per heavy atom. The molecule has 1 heterocycles. The predicted octanol–water partition coefficient (Wildman–Crippen LogP) is 0.0429. The van der Waals surface area contributed by atoms with Crippen molar-refractivity contribution in [2.45, 2.75) is 6.92 Å². The van der Waals surface area contributed by atoms with Crippen LogP contribution in [0.25, 0.3) is 0 Å². The third-order valence-electron chi connectivity index (χ3n) is 2.48. The first-order valence-electron chi connectivity index (χ1n) is 6.10. The molecule has 8 heteroatoms. The topological polar surface area (TPSA) is 93.9 Å². The number of aromatic nitrogens is 1. The van der Waals surface area contributed by atoms with Crippen molar-refractivity contribution in [2.75, 3.05) is 45.8 Å². The zero-order chi connectivity index (χ0) is 15.0. The van der Waals surface area contributed by atoms with Gasteiger partial charge in [0.1, 0.15) is 5.76 Å². The van der Waals surface area contributed by atoms with E-state index >= 15 is 0 Å². The highest BCUT2D eigenvalue weighted by atomic mass is 16.5. The van der Waals surface area contributed by atoms with Crippen LogP contribution in [-0.4, -0.2) is 62.4 Å². The summed E-state index contributed by atoms with van der Waals surface area (Å²) in [5.41, 5.74) is 0.